The lowest BCUT2D eigenvalue weighted by molar-refractivity contribution is -0.206. The number of esters is 2. The molecule has 1 aliphatic heterocycles. The molecule has 1 aliphatic rings. The van der Waals surface area contributed by atoms with Crippen LogP contribution in [-0.4, -0.2) is 36.5 Å². The molecular formula is C12H16F4O4. The molecule has 1 heterocycles. The van der Waals surface area contributed by atoms with Gasteiger partial charge in [-0.3, -0.25) is 0 Å². The Morgan fingerprint density at radius 3 is 2.10 bits per heavy atom. The number of cyclic esters (lactones) is 1. The fraction of sp³-hybridized carbons (Fsp3) is 0.833. The molecule has 0 aromatic carbocycles. The van der Waals surface area contributed by atoms with Gasteiger partial charge in [0.1, 0.15) is 12.5 Å². The largest absolute Gasteiger partial charge is 0.462 e. The van der Waals surface area contributed by atoms with Gasteiger partial charge in [0.2, 0.25) is 11.8 Å². The number of alkyl halides is 4. The Morgan fingerprint density at radius 1 is 1.20 bits per heavy atom. The first-order valence-electron chi connectivity index (χ1n) is 5.92. The average molecular weight is 300 g/mol. The molecule has 3 unspecified atom stereocenters. The van der Waals surface area contributed by atoms with Crippen LogP contribution in [0.4, 0.5) is 17.6 Å². The molecule has 0 bridgehead atoms. The second-order valence-corrected chi connectivity index (χ2v) is 5.86. The second kappa shape index (κ2) is 4.89. The Bertz CT molecular complexity index is 409. The predicted octanol–water partition coefficient (Wildman–Crippen LogP) is 2.41. The van der Waals surface area contributed by atoms with Crippen LogP contribution >= 0.6 is 0 Å². The Balaban J connectivity index is 2.91. The Labute approximate surface area is 113 Å². The zero-order valence-electron chi connectivity index (χ0n) is 11.5. The summed E-state index contributed by atoms with van der Waals surface area (Å²) >= 11 is 0. The van der Waals surface area contributed by atoms with Crippen LogP contribution in [0.15, 0.2) is 0 Å². The number of halogens is 4. The maximum absolute atomic E-state index is 14.3. The zero-order chi connectivity index (χ0) is 15.9. The molecule has 1 fully saturated rings. The molecule has 3 atom stereocenters. The molecule has 116 valence electrons. The van der Waals surface area contributed by atoms with Crippen molar-refractivity contribution in [2.75, 3.05) is 6.61 Å². The van der Waals surface area contributed by atoms with Crippen molar-refractivity contribution in [1.29, 1.82) is 0 Å². The summed E-state index contributed by atoms with van der Waals surface area (Å²) in [5.74, 6) is -5.09. The third kappa shape index (κ3) is 3.04. The Kier molecular flexibility index (Phi) is 4.09. The van der Waals surface area contributed by atoms with Crippen LogP contribution in [0.5, 0.6) is 0 Å². The van der Waals surface area contributed by atoms with Crippen LogP contribution in [0, 0.1) is 11.3 Å². The molecule has 0 aliphatic carbocycles. The molecule has 0 radical (unpaired) electrons. The monoisotopic (exact) mass is 300 g/mol. The van der Waals surface area contributed by atoms with Gasteiger partial charge in [-0.05, 0) is 6.92 Å². The zero-order valence-corrected chi connectivity index (χ0v) is 11.5. The molecule has 0 spiro atoms. The van der Waals surface area contributed by atoms with Crippen molar-refractivity contribution < 1.29 is 36.6 Å². The first-order valence-corrected chi connectivity index (χ1v) is 5.92. The summed E-state index contributed by atoms with van der Waals surface area (Å²) < 4.78 is 60.9. The van der Waals surface area contributed by atoms with Gasteiger partial charge < -0.3 is 9.47 Å². The number of carbonyl (C=O) groups is 2. The molecule has 20 heavy (non-hydrogen) atoms. The summed E-state index contributed by atoms with van der Waals surface area (Å²) in [7, 11) is 0. The predicted molar refractivity (Wildman–Crippen MR) is 59.4 cm³/mol. The molecular weight excluding hydrogens is 284 g/mol. The summed E-state index contributed by atoms with van der Waals surface area (Å²) in [6.45, 7) is 4.14. The summed E-state index contributed by atoms with van der Waals surface area (Å²) in [5.41, 5.74) is -3.73. The van der Waals surface area contributed by atoms with E-state index in [2.05, 4.69) is 9.47 Å². The number of ether oxygens (including phenoxy) is 2. The molecule has 8 heteroatoms. The van der Waals surface area contributed by atoms with Gasteiger partial charge in [-0.25, -0.2) is 14.0 Å². The van der Waals surface area contributed by atoms with E-state index in [4.69, 9.17) is 0 Å². The smallest absolute Gasteiger partial charge is 0.399 e. The quantitative estimate of drug-likeness (QED) is 0.580. The van der Waals surface area contributed by atoms with Gasteiger partial charge in [0.15, 0.2) is 0 Å². The van der Waals surface area contributed by atoms with E-state index >= 15 is 0 Å². The van der Waals surface area contributed by atoms with Gasteiger partial charge in [0.05, 0.1) is 0 Å². The lowest BCUT2D eigenvalue weighted by Crippen LogP contribution is -2.48. The first kappa shape index (κ1) is 16.7. The topological polar surface area (TPSA) is 52.6 Å². The van der Waals surface area contributed by atoms with Gasteiger partial charge in [-0.2, -0.15) is 13.2 Å². The van der Waals surface area contributed by atoms with E-state index in [9.17, 15) is 27.2 Å². The van der Waals surface area contributed by atoms with Crippen molar-refractivity contribution in [2.45, 2.75) is 45.6 Å². The van der Waals surface area contributed by atoms with E-state index in [1.807, 2.05) is 0 Å². The Morgan fingerprint density at radius 2 is 1.70 bits per heavy atom. The van der Waals surface area contributed by atoms with Gasteiger partial charge in [0.25, 0.3) is 0 Å². The summed E-state index contributed by atoms with van der Waals surface area (Å²) in [4.78, 5) is 22.9. The summed E-state index contributed by atoms with van der Waals surface area (Å²) in [5, 5.41) is 0. The highest BCUT2D eigenvalue weighted by Gasteiger charge is 2.57. The van der Waals surface area contributed by atoms with Gasteiger partial charge in [-0.15, -0.1) is 0 Å². The van der Waals surface area contributed by atoms with Crippen molar-refractivity contribution in [3.8, 4) is 0 Å². The van der Waals surface area contributed by atoms with E-state index in [0.717, 1.165) is 6.92 Å². The lowest BCUT2D eigenvalue weighted by atomic mass is 9.79. The second-order valence-electron chi connectivity index (χ2n) is 5.86. The number of hydrogen-bond acceptors (Lipinski definition) is 4. The minimum atomic E-state index is -4.77. The standard InChI is InChI=1S/C12H16F4O4/c1-10(2,3)11(4,13)9(18)20-7-6(12(14,15)16)5-19-8(7)17/h6-7H,5H2,1-4H3. The summed E-state index contributed by atoms with van der Waals surface area (Å²) in [6, 6.07) is 0. The fourth-order valence-corrected chi connectivity index (χ4v) is 1.43. The lowest BCUT2D eigenvalue weighted by Gasteiger charge is -2.33. The highest BCUT2D eigenvalue weighted by atomic mass is 19.4. The SMILES string of the molecule is CC(C)(C)C(C)(F)C(=O)OC1C(=O)OCC1C(F)(F)F. The molecule has 0 amide bonds. The fourth-order valence-electron chi connectivity index (χ4n) is 1.43. The molecule has 1 rings (SSSR count). The normalized spacial score (nSPS) is 26.9. The van der Waals surface area contributed by atoms with Gasteiger partial charge in [0, 0.05) is 5.41 Å². The summed E-state index contributed by atoms with van der Waals surface area (Å²) in [6.07, 6.45) is -6.93. The van der Waals surface area contributed by atoms with Crippen LogP contribution in [0.3, 0.4) is 0 Å². The van der Waals surface area contributed by atoms with Crippen LogP contribution in [0.1, 0.15) is 27.7 Å². The average Bonchev–Trinajstić information content (AvgIpc) is 2.58. The van der Waals surface area contributed by atoms with Crippen LogP contribution < -0.4 is 0 Å². The minimum absolute atomic E-state index is 0.901. The molecule has 0 aromatic heterocycles. The molecule has 4 nitrogen and oxygen atoms in total. The van der Waals surface area contributed by atoms with E-state index in [0.29, 0.717) is 0 Å². The maximum Gasteiger partial charge on any atom is 0.399 e. The minimum Gasteiger partial charge on any atom is -0.462 e. The first-order chi connectivity index (χ1) is 8.78. The third-order valence-corrected chi connectivity index (χ3v) is 3.45. The number of carbonyl (C=O) groups excluding carboxylic acids is 2. The van der Waals surface area contributed by atoms with Crippen LogP contribution in [-0.2, 0) is 19.1 Å². The van der Waals surface area contributed by atoms with Crippen molar-refractivity contribution in [1.82, 2.24) is 0 Å². The molecule has 1 saturated heterocycles. The van der Waals surface area contributed by atoms with Crippen molar-refractivity contribution in [2.24, 2.45) is 11.3 Å². The highest BCUT2D eigenvalue weighted by Crippen LogP contribution is 2.38. The third-order valence-electron chi connectivity index (χ3n) is 3.45. The van der Waals surface area contributed by atoms with Crippen LogP contribution in [0.2, 0.25) is 0 Å². The van der Waals surface area contributed by atoms with Crippen molar-refractivity contribution in [3.05, 3.63) is 0 Å². The maximum atomic E-state index is 14.3. The van der Waals surface area contributed by atoms with Crippen LogP contribution in [0.25, 0.3) is 0 Å². The highest BCUT2D eigenvalue weighted by molar-refractivity contribution is 5.85. The van der Waals surface area contributed by atoms with Gasteiger partial charge >= 0.3 is 18.1 Å². The van der Waals surface area contributed by atoms with E-state index < -0.39 is 47.8 Å². The van der Waals surface area contributed by atoms with Gasteiger partial charge in [-0.1, -0.05) is 20.8 Å². The van der Waals surface area contributed by atoms with E-state index in [-0.39, 0.29) is 0 Å². The molecule has 0 saturated carbocycles. The number of rotatable bonds is 2. The van der Waals surface area contributed by atoms with Crippen molar-refractivity contribution in [3.63, 3.8) is 0 Å². The van der Waals surface area contributed by atoms with E-state index in [1.165, 1.54) is 20.8 Å². The van der Waals surface area contributed by atoms with Crippen molar-refractivity contribution >= 4 is 11.9 Å². The Hall–Kier alpha value is -1.34. The molecule has 0 N–H and O–H groups in total. The molecule has 0 aromatic rings. The van der Waals surface area contributed by atoms with E-state index in [1.54, 1.807) is 0 Å². The number of hydrogen-bond donors (Lipinski definition) is 0.